The third-order valence-corrected chi connectivity index (χ3v) is 5.67. The SMILES string of the molecule is Cc1ccc(NC(=O)CCc2ccc(OC3CCN(CC4CC4)CC3)nc2)cn1. The Morgan fingerprint density at radius 1 is 1.10 bits per heavy atom. The van der Waals surface area contributed by atoms with Gasteiger partial charge in [-0.2, -0.15) is 0 Å². The summed E-state index contributed by atoms with van der Waals surface area (Å²) in [5.41, 5.74) is 2.69. The van der Waals surface area contributed by atoms with E-state index in [0.29, 0.717) is 18.7 Å². The van der Waals surface area contributed by atoms with Crippen LogP contribution in [-0.2, 0) is 11.2 Å². The predicted molar refractivity (Wildman–Crippen MR) is 113 cm³/mol. The zero-order chi connectivity index (χ0) is 20.1. The highest BCUT2D eigenvalue weighted by molar-refractivity contribution is 5.90. The number of nitrogens with zero attached hydrogens (tertiary/aromatic N) is 3. The lowest BCUT2D eigenvalue weighted by atomic mass is 10.1. The molecule has 0 radical (unpaired) electrons. The molecule has 29 heavy (non-hydrogen) atoms. The molecule has 1 saturated carbocycles. The van der Waals surface area contributed by atoms with Crippen molar-refractivity contribution in [1.29, 1.82) is 0 Å². The second-order valence-corrected chi connectivity index (χ2v) is 8.30. The number of anilines is 1. The minimum absolute atomic E-state index is 0.0195. The molecule has 0 unspecified atom stereocenters. The summed E-state index contributed by atoms with van der Waals surface area (Å²) in [5, 5.41) is 2.87. The number of aromatic nitrogens is 2. The van der Waals surface area contributed by atoms with Gasteiger partial charge in [0.05, 0.1) is 11.9 Å². The van der Waals surface area contributed by atoms with Gasteiger partial charge in [-0.05, 0) is 62.6 Å². The number of piperidine rings is 1. The third kappa shape index (κ3) is 6.26. The van der Waals surface area contributed by atoms with Crippen LogP contribution in [-0.4, -0.2) is 46.5 Å². The van der Waals surface area contributed by atoms with Crippen molar-refractivity contribution in [2.75, 3.05) is 25.0 Å². The van der Waals surface area contributed by atoms with Crippen LogP contribution < -0.4 is 10.1 Å². The topological polar surface area (TPSA) is 67.3 Å². The molecule has 2 aromatic heterocycles. The van der Waals surface area contributed by atoms with Crippen LogP contribution in [0.1, 0.15) is 43.4 Å². The fourth-order valence-electron chi connectivity index (χ4n) is 3.70. The summed E-state index contributed by atoms with van der Waals surface area (Å²) in [4.78, 5) is 23.3. The standard InChI is InChI=1S/C23H30N4O2/c1-17-2-7-20(15-24-17)26-22(28)8-5-18-6-9-23(25-14-18)29-21-10-12-27(13-11-21)16-19-3-4-19/h2,6-7,9,14-15,19,21H,3-5,8,10-13,16H2,1H3,(H,26,28). The molecule has 2 fully saturated rings. The number of hydrogen-bond donors (Lipinski definition) is 1. The Morgan fingerprint density at radius 3 is 2.59 bits per heavy atom. The van der Waals surface area contributed by atoms with Gasteiger partial charge in [-0.25, -0.2) is 4.98 Å². The van der Waals surface area contributed by atoms with Gasteiger partial charge in [-0.3, -0.25) is 9.78 Å². The van der Waals surface area contributed by atoms with Crippen LogP contribution in [0.25, 0.3) is 0 Å². The predicted octanol–water partition coefficient (Wildman–Crippen LogP) is 3.61. The first-order valence-corrected chi connectivity index (χ1v) is 10.7. The van der Waals surface area contributed by atoms with Crippen molar-refractivity contribution in [2.24, 2.45) is 5.92 Å². The number of aryl methyl sites for hydroxylation is 2. The Kier molecular flexibility index (Phi) is 6.39. The lowest BCUT2D eigenvalue weighted by Crippen LogP contribution is -2.39. The number of ether oxygens (including phenoxy) is 1. The van der Waals surface area contributed by atoms with Crippen molar-refractivity contribution >= 4 is 11.6 Å². The summed E-state index contributed by atoms with van der Waals surface area (Å²) in [6.07, 6.45) is 9.80. The number of carbonyl (C=O) groups is 1. The van der Waals surface area contributed by atoms with Crippen molar-refractivity contribution in [3.05, 3.63) is 47.9 Å². The molecule has 1 aliphatic heterocycles. The summed E-state index contributed by atoms with van der Waals surface area (Å²) in [6, 6.07) is 7.68. The second-order valence-electron chi connectivity index (χ2n) is 8.30. The number of likely N-dealkylation sites (tertiary alicyclic amines) is 1. The van der Waals surface area contributed by atoms with Crippen molar-refractivity contribution in [2.45, 2.75) is 51.6 Å². The van der Waals surface area contributed by atoms with Crippen molar-refractivity contribution < 1.29 is 9.53 Å². The maximum absolute atomic E-state index is 12.1. The molecule has 2 aliphatic rings. The highest BCUT2D eigenvalue weighted by Gasteiger charge is 2.27. The number of pyridine rings is 2. The molecule has 6 heteroatoms. The maximum Gasteiger partial charge on any atom is 0.224 e. The van der Waals surface area contributed by atoms with Crippen LogP contribution in [0.15, 0.2) is 36.7 Å². The number of amides is 1. The fourth-order valence-corrected chi connectivity index (χ4v) is 3.70. The monoisotopic (exact) mass is 394 g/mol. The molecule has 0 atom stereocenters. The molecule has 0 aromatic carbocycles. The third-order valence-electron chi connectivity index (χ3n) is 5.67. The molecule has 1 amide bonds. The number of hydrogen-bond acceptors (Lipinski definition) is 5. The van der Waals surface area contributed by atoms with Crippen molar-refractivity contribution in [1.82, 2.24) is 14.9 Å². The highest BCUT2D eigenvalue weighted by atomic mass is 16.5. The average Bonchev–Trinajstić information content (AvgIpc) is 3.55. The summed E-state index contributed by atoms with van der Waals surface area (Å²) in [5.74, 6) is 1.62. The highest BCUT2D eigenvalue weighted by Crippen LogP contribution is 2.30. The van der Waals surface area contributed by atoms with E-state index in [-0.39, 0.29) is 12.0 Å². The van der Waals surface area contributed by atoms with Gasteiger partial charge >= 0.3 is 0 Å². The van der Waals surface area contributed by atoms with Gasteiger partial charge in [0.1, 0.15) is 6.10 Å². The van der Waals surface area contributed by atoms with Crippen molar-refractivity contribution in [3.8, 4) is 5.88 Å². The molecule has 1 saturated heterocycles. The molecule has 2 aromatic rings. The Morgan fingerprint density at radius 2 is 1.93 bits per heavy atom. The van der Waals surface area contributed by atoms with E-state index in [9.17, 15) is 4.79 Å². The number of nitrogens with one attached hydrogen (secondary N) is 1. The van der Waals surface area contributed by atoms with Gasteiger partial charge < -0.3 is 15.0 Å². The molecular formula is C23H30N4O2. The number of rotatable bonds is 8. The molecule has 154 valence electrons. The Labute approximate surface area is 172 Å². The van der Waals surface area contributed by atoms with Gasteiger partial charge in [0, 0.05) is 44.0 Å². The van der Waals surface area contributed by atoms with E-state index in [1.165, 1.54) is 19.4 Å². The first kappa shape index (κ1) is 19.8. The smallest absolute Gasteiger partial charge is 0.224 e. The van der Waals surface area contributed by atoms with Crippen molar-refractivity contribution in [3.63, 3.8) is 0 Å². The normalized spacial score (nSPS) is 17.8. The maximum atomic E-state index is 12.1. The van der Waals surface area contributed by atoms with Crippen LogP contribution in [0.2, 0.25) is 0 Å². The summed E-state index contributed by atoms with van der Waals surface area (Å²) < 4.78 is 6.07. The van der Waals surface area contributed by atoms with Crippen LogP contribution in [0.5, 0.6) is 5.88 Å². The zero-order valence-electron chi connectivity index (χ0n) is 17.1. The lowest BCUT2D eigenvalue weighted by Gasteiger charge is -2.31. The van der Waals surface area contributed by atoms with Crippen LogP contribution >= 0.6 is 0 Å². The summed E-state index contributed by atoms with van der Waals surface area (Å²) >= 11 is 0. The Hall–Kier alpha value is -2.47. The quantitative estimate of drug-likeness (QED) is 0.741. The molecule has 1 aliphatic carbocycles. The van der Waals surface area contributed by atoms with E-state index in [1.54, 1.807) is 6.20 Å². The molecule has 6 nitrogen and oxygen atoms in total. The molecule has 0 spiro atoms. The first-order chi connectivity index (χ1) is 14.1. The number of carbonyl (C=O) groups excluding carboxylic acids is 1. The van der Waals surface area contributed by atoms with Crippen LogP contribution in [0.4, 0.5) is 5.69 Å². The zero-order valence-corrected chi connectivity index (χ0v) is 17.1. The Bertz CT molecular complexity index is 795. The summed E-state index contributed by atoms with van der Waals surface area (Å²) in [7, 11) is 0. The van der Waals surface area contributed by atoms with E-state index in [0.717, 1.165) is 48.8 Å². The van der Waals surface area contributed by atoms with E-state index < -0.39 is 0 Å². The van der Waals surface area contributed by atoms with Crippen LogP contribution in [0, 0.1) is 12.8 Å². The largest absolute Gasteiger partial charge is 0.474 e. The van der Waals surface area contributed by atoms with Gasteiger partial charge in [0.2, 0.25) is 11.8 Å². The van der Waals surface area contributed by atoms with Crippen LogP contribution in [0.3, 0.4) is 0 Å². The second kappa shape index (κ2) is 9.35. The summed E-state index contributed by atoms with van der Waals surface area (Å²) in [6.45, 7) is 5.45. The van der Waals surface area contributed by atoms with E-state index >= 15 is 0 Å². The van der Waals surface area contributed by atoms with E-state index in [4.69, 9.17) is 4.74 Å². The molecule has 3 heterocycles. The average molecular weight is 395 g/mol. The fraction of sp³-hybridized carbons (Fsp3) is 0.522. The van der Waals surface area contributed by atoms with E-state index in [2.05, 4.69) is 20.2 Å². The minimum atomic E-state index is -0.0195. The van der Waals surface area contributed by atoms with E-state index in [1.807, 2.05) is 37.4 Å². The molecule has 0 bridgehead atoms. The molecule has 4 rings (SSSR count). The first-order valence-electron chi connectivity index (χ1n) is 10.7. The molecular weight excluding hydrogens is 364 g/mol. The van der Waals surface area contributed by atoms with Gasteiger partial charge in [0.15, 0.2) is 0 Å². The minimum Gasteiger partial charge on any atom is -0.474 e. The van der Waals surface area contributed by atoms with Gasteiger partial charge in [-0.15, -0.1) is 0 Å². The Balaban J connectivity index is 1.18. The van der Waals surface area contributed by atoms with Gasteiger partial charge in [-0.1, -0.05) is 6.07 Å². The lowest BCUT2D eigenvalue weighted by molar-refractivity contribution is -0.116. The molecule has 1 N–H and O–H groups in total. The van der Waals surface area contributed by atoms with Gasteiger partial charge in [0.25, 0.3) is 0 Å².